The molecule has 1 atom stereocenters. The van der Waals surface area contributed by atoms with Crippen LogP contribution in [0.4, 0.5) is 0 Å². The topological polar surface area (TPSA) is 18.5 Å². The third-order valence-electron chi connectivity index (χ3n) is 2.55. The van der Waals surface area contributed by atoms with E-state index < -0.39 is 0 Å². The van der Waals surface area contributed by atoms with Crippen LogP contribution in [0.25, 0.3) is 0 Å². The van der Waals surface area contributed by atoms with E-state index in [0.717, 1.165) is 19.1 Å². The normalized spacial score (nSPS) is 26.5. The van der Waals surface area contributed by atoms with Crippen molar-refractivity contribution in [1.82, 2.24) is 15.1 Å². The lowest BCUT2D eigenvalue weighted by molar-refractivity contribution is 0.178. The fraction of sp³-hybridized carbons (Fsp3) is 1.00. The van der Waals surface area contributed by atoms with Gasteiger partial charge < -0.3 is 15.1 Å². The molecule has 0 amide bonds. The maximum Gasteiger partial charge on any atom is 0.0230 e. The molecule has 12 heavy (non-hydrogen) atoms. The Bertz CT molecular complexity index is 125. The summed E-state index contributed by atoms with van der Waals surface area (Å²) in [4.78, 5) is 4.71. The van der Waals surface area contributed by atoms with Crippen molar-refractivity contribution in [2.24, 2.45) is 0 Å². The van der Waals surface area contributed by atoms with E-state index in [0.29, 0.717) is 0 Å². The zero-order valence-electron chi connectivity index (χ0n) is 8.51. The molecule has 1 heterocycles. The van der Waals surface area contributed by atoms with E-state index in [4.69, 9.17) is 0 Å². The molecular weight excluding hydrogens is 150 g/mol. The Balaban J connectivity index is 2.20. The summed E-state index contributed by atoms with van der Waals surface area (Å²) < 4.78 is 0. The number of nitrogens with zero attached hydrogens (tertiary/aromatic N) is 2. The van der Waals surface area contributed by atoms with Crippen molar-refractivity contribution in [2.75, 3.05) is 47.3 Å². The monoisotopic (exact) mass is 171 g/mol. The lowest BCUT2D eigenvalue weighted by Gasteiger charge is -2.33. The van der Waals surface area contributed by atoms with Gasteiger partial charge in [0.25, 0.3) is 0 Å². The van der Waals surface area contributed by atoms with Gasteiger partial charge >= 0.3 is 0 Å². The van der Waals surface area contributed by atoms with Crippen molar-refractivity contribution in [3.63, 3.8) is 0 Å². The third-order valence-corrected chi connectivity index (χ3v) is 2.55. The number of rotatable bonds is 3. The number of likely N-dealkylation sites (N-methyl/N-ethyl adjacent to an activating group) is 1. The first-order valence-electron chi connectivity index (χ1n) is 4.76. The number of nitrogens with one attached hydrogen (secondary N) is 1. The van der Waals surface area contributed by atoms with E-state index in [1.54, 1.807) is 0 Å². The van der Waals surface area contributed by atoms with Crippen molar-refractivity contribution in [3.05, 3.63) is 0 Å². The summed E-state index contributed by atoms with van der Waals surface area (Å²) in [6, 6.07) is 0.737. The van der Waals surface area contributed by atoms with E-state index in [1.807, 2.05) is 0 Å². The van der Waals surface area contributed by atoms with Crippen LogP contribution in [0.5, 0.6) is 0 Å². The molecule has 3 heteroatoms. The first-order chi connectivity index (χ1) is 5.70. The molecule has 0 aromatic rings. The summed E-state index contributed by atoms with van der Waals surface area (Å²) in [5, 5.41) is 3.43. The van der Waals surface area contributed by atoms with E-state index in [1.165, 1.54) is 19.5 Å². The molecule has 0 spiro atoms. The highest BCUT2D eigenvalue weighted by atomic mass is 15.2. The molecule has 0 aromatic carbocycles. The van der Waals surface area contributed by atoms with E-state index in [9.17, 15) is 0 Å². The highest BCUT2D eigenvalue weighted by Crippen LogP contribution is 2.04. The lowest BCUT2D eigenvalue weighted by Crippen LogP contribution is -2.50. The van der Waals surface area contributed by atoms with Gasteiger partial charge in [-0.2, -0.15) is 0 Å². The first-order valence-corrected chi connectivity index (χ1v) is 4.76. The predicted molar refractivity (Wildman–Crippen MR) is 52.5 cm³/mol. The van der Waals surface area contributed by atoms with Crippen LogP contribution in [-0.2, 0) is 0 Å². The minimum absolute atomic E-state index is 0.737. The predicted octanol–water partition coefficient (Wildman–Crippen LogP) is -0.158. The van der Waals surface area contributed by atoms with Crippen LogP contribution < -0.4 is 5.32 Å². The molecule has 1 rings (SSSR count). The molecule has 0 aliphatic carbocycles. The van der Waals surface area contributed by atoms with E-state index in [2.05, 4.69) is 36.3 Å². The Kier molecular flexibility index (Phi) is 3.98. The van der Waals surface area contributed by atoms with Gasteiger partial charge in [0.1, 0.15) is 0 Å². The Morgan fingerprint density at radius 1 is 1.50 bits per heavy atom. The zero-order chi connectivity index (χ0) is 8.97. The largest absolute Gasteiger partial charge is 0.314 e. The molecule has 0 aromatic heterocycles. The highest BCUT2D eigenvalue weighted by Gasteiger charge is 2.17. The standard InChI is InChI=1S/C9H21N3/c1-11(2)6-4-9-8-10-5-7-12(9)3/h9-10H,4-8H2,1-3H3. The lowest BCUT2D eigenvalue weighted by atomic mass is 10.1. The van der Waals surface area contributed by atoms with Crippen molar-refractivity contribution in [3.8, 4) is 0 Å². The zero-order valence-corrected chi connectivity index (χ0v) is 8.51. The molecule has 1 aliphatic rings. The smallest absolute Gasteiger partial charge is 0.0230 e. The molecule has 1 aliphatic heterocycles. The van der Waals surface area contributed by atoms with E-state index >= 15 is 0 Å². The molecule has 72 valence electrons. The van der Waals surface area contributed by atoms with Gasteiger partial charge in [-0.15, -0.1) is 0 Å². The van der Waals surface area contributed by atoms with Crippen molar-refractivity contribution in [1.29, 1.82) is 0 Å². The van der Waals surface area contributed by atoms with Crippen molar-refractivity contribution in [2.45, 2.75) is 12.5 Å². The molecule has 1 saturated heterocycles. The molecule has 0 radical (unpaired) electrons. The summed E-state index contributed by atoms with van der Waals surface area (Å²) in [6.45, 7) is 4.69. The Hall–Kier alpha value is -0.120. The molecular formula is C9H21N3. The summed E-state index contributed by atoms with van der Waals surface area (Å²) in [5.74, 6) is 0. The van der Waals surface area contributed by atoms with Crippen LogP contribution in [0.1, 0.15) is 6.42 Å². The minimum atomic E-state index is 0.737. The SMILES string of the molecule is CN(C)CCC1CNCCN1C. The molecule has 0 saturated carbocycles. The molecule has 1 fully saturated rings. The van der Waals surface area contributed by atoms with Gasteiger partial charge in [-0.05, 0) is 34.1 Å². The maximum absolute atomic E-state index is 3.43. The fourth-order valence-corrected chi connectivity index (χ4v) is 1.59. The molecule has 1 unspecified atom stereocenters. The van der Waals surface area contributed by atoms with Crippen molar-refractivity contribution < 1.29 is 0 Å². The molecule has 1 N–H and O–H groups in total. The van der Waals surface area contributed by atoms with Gasteiger partial charge in [-0.3, -0.25) is 0 Å². The Labute approximate surface area is 75.7 Å². The van der Waals surface area contributed by atoms with Gasteiger partial charge in [-0.25, -0.2) is 0 Å². The number of piperazine rings is 1. The average molecular weight is 171 g/mol. The maximum atomic E-state index is 3.43. The van der Waals surface area contributed by atoms with Crippen LogP contribution in [0.15, 0.2) is 0 Å². The minimum Gasteiger partial charge on any atom is -0.314 e. The summed E-state index contributed by atoms with van der Waals surface area (Å²) >= 11 is 0. The van der Waals surface area contributed by atoms with Crippen LogP contribution in [0, 0.1) is 0 Å². The number of hydrogen-bond acceptors (Lipinski definition) is 3. The van der Waals surface area contributed by atoms with Crippen LogP contribution >= 0.6 is 0 Å². The van der Waals surface area contributed by atoms with Gasteiger partial charge in [0, 0.05) is 25.7 Å². The molecule has 3 nitrogen and oxygen atoms in total. The van der Waals surface area contributed by atoms with Gasteiger partial charge in [0.05, 0.1) is 0 Å². The second-order valence-electron chi connectivity index (χ2n) is 3.93. The Morgan fingerprint density at radius 3 is 2.83 bits per heavy atom. The van der Waals surface area contributed by atoms with Crippen LogP contribution in [0.3, 0.4) is 0 Å². The van der Waals surface area contributed by atoms with Crippen LogP contribution in [-0.4, -0.2) is 63.2 Å². The second kappa shape index (κ2) is 4.80. The van der Waals surface area contributed by atoms with E-state index in [-0.39, 0.29) is 0 Å². The summed E-state index contributed by atoms with van der Waals surface area (Å²) in [7, 11) is 6.49. The summed E-state index contributed by atoms with van der Waals surface area (Å²) in [6.07, 6.45) is 1.27. The Morgan fingerprint density at radius 2 is 2.25 bits per heavy atom. The van der Waals surface area contributed by atoms with Gasteiger partial charge in [0.2, 0.25) is 0 Å². The second-order valence-corrected chi connectivity index (χ2v) is 3.93. The quantitative estimate of drug-likeness (QED) is 0.637. The summed E-state index contributed by atoms with van der Waals surface area (Å²) in [5.41, 5.74) is 0. The molecule has 0 bridgehead atoms. The first kappa shape index (κ1) is 9.96. The van der Waals surface area contributed by atoms with Gasteiger partial charge in [0.15, 0.2) is 0 Å². The number of hydrogen-bond donors (Lipinski definition) is 1. The average Bonchev–Trinajstić information content (AvgIpc) is 2.03. The van der Waals surface area contributed by atoms with Crippen LogP contribution in [0.2, 0.25) is 0 Å². The van der Waals surface area contributed by atoms with Crippen molar-refractivity contribution >= 4 is 0 Å². The van der Waals surface area contributed by atoms with Gasteiger partial charge in [-0.1, -0.05) is 0 Å². The third kappa shape index (κ3) is 3.09. The highest BCUT2D eigenvalue weighted by molar-refractivity contribution is 4.77. The fourth-order valence-electron chi connectivity index (χ4n) is 1.59.